The van der Waals surface area contributed by atoms with Gasteiger partial charge in [0.1, 0.15) is 0 Å². The molecule has 1 aliphatic rings. The topological polar surface area (TPSA) is 90.0 Å². The molecule has 1 aromatic carbocycles. The van der Waals surface area contributed by atoms with Gasteiger partial charge in [0.15, 0.2) is 11.5 Å². The average Bonchev–Trinajstić information content (AvgIpc) is 2.93. The molecule has 1 fully saturated rings. The van der Waals surface area contributed by atoms with E-state index in [0.717, 1.165) is 24.7 Å². The van der Waals surface area contributed by atoms with Crippen LogP contribution in [0, 0.1) is 0 Å². The maximum atomic E-state index is 11.7. The molecule has 1 saturated heterocycles. The van der Waals surface area contributed by atoms with Crippen LogP contribution < -0.4 is 8.92 Å². The first-order valence-corrected chi connectivity index (χ1v) is 11.0. The van der Waals surface area contributed by atoms with E-state index in [9.17, 15) is 16.8 Å². The SMILES string of the molecule is COc1cc(/C=C/[C@@H]2CCCN2S(C)(=O)=O)ccc1OS(C)(=O)=O. The molecule has 0 unspecified atom stereocenters. The Balaban J connectivity index is 2.21. The lowest BCUT2D eigenvalue weighted by Gasteiger charge is -2.18. The molecule has 9 heteroatoms. The van der Waals surface area contributed by atoms with E-state index in [0.29, 0.717) is 6.54 Å². The largest absolute Gasteiger partial charge is 0.493 e. The van der Waals surface area contributed by atoms with Gasteiger partial charge in [0.25, 0.3) is 0 Å². The number of sulfonamides is 1. The second kappa shape index (κ2) is 7.12. The molecule has 1 aromatic rings. The van der Waals surface area contributed by atoms with Crippen molar-refractivity contribution in [1.29, 1.82) is 0 Å². The number of benzene rings is 1. The zero-order valence-corrected chi connectivity index (χ0v) is 15.4. The van der Waals surface area contributed by atoms with Crippen molar-refractivity contribution < 1.29 is 25.8 Å². The minimum atomic E-state index is -3.64. The van der Waals surface area contributed by atoms with E-state index in [1.165, 1.54) is 23.7 Å². The molecule has 7 nitrogen and oxygen atoms in total. The summed E-state index contributed by atoms with van der Waals surface area (Å²) in [5, 5.41) is 0. The predicted molar refractivity (Wildman–Crippen MR) is 92.1 cm³/mol. The van der Waals surface area contributed by atoms with Crippen molar-refractivity contribution in [2.24, 2.45) is 0 Å². The molecule has 0 saturated carbocycles. The summed E-state index contributed by atoms with van der Waals surface area (Å²) in [4.78, 5) is 0. The molecule has 1 heterocycles. The third kappa shape index (κ3) is 4.96. The molecule has 24 heavy (non-hydrogen) atoms. The summed E-state index contributed by atoms with van der Waals surface area (Å²) in [5.41, 5.74) is 0.757. The van der Waals surface area contributed by atoms with Gasteiger partial charge >= 0.3 is 10.1 Å². The molecule has 1 aliphatic heterocycles. The number of methoxy groups -OCH3 is 1. The standard InChI is InChI=1S/C15H21NO6S2/c1-21-15-11-12(7-9-14(15)22-24(3,19)20)6-8-13-5-4-10-16(13)23(2,17)18/h6-9,11,13H,4-5,10H2,1-3H3/b8-6+/t13-/m0/s1. The normalized spacial score (nSPS) is 19.7. The first-order valence-electron chi connectivity index (χ1n) is 7.32. The third-order valence-electron chi connectivity index (χ3n) is 3.61. The minimum absolute atomic E-state index is 0.107. The molecule has 0 radical (unpaired) electrons. The van der Waals surface area contributed by atoms with Crippen LogP contribution in [0.25, 0.3) is 6.08 Å². The van der Waals surface area contributed by atoms with Crippen LogP contribution in [0.4, 0.5) is 0 Å². The van der Waals surface area contributed by atoms with Gasteiger partial charge in [-0.15, -0.1) is 0 Å². The predicted octanol–water partition coefficient (Wildman–Crippen LogP) is 1.47. The summed E-state index contributed by atoms with van der Waals surface area (Å²) < 4.78 is 57.4. The Morgan fingerprint density at radius 1 is 1.17 bits per heavy atom. The fourth-order valence-electron chi connectivity index (χ4n) is 2.61. The first-order chi connectivity index (χ1) is 11.1. The number of rotatable bonds is 6. The van der Waals surface area contributed by atoms with Crippen LogP contribution in [-0.4, -0.2) is 53.3 Å². The molecule has 0 bridgehead atoms. The van der Waals surface area contributed by atoms with Gasteiger partial charge in [0, 0.05) is 12.6 Å². The van der Waals surface area contributed by atoms with Gasteiger partial charge in [0.2, 0.25) is 10.0 Å². The summed E-state index contributed by atoms with van der Waals surface area (Å²) in [5.74, 6) is 0.393. The Morgan fingerprint density at radius 2 is 1.88 bits per heavy atom. The molecule has 0 aromatic heterocycles. The summed E-state index contributed by atoms with van der Waals surface area (Å²) in [7, 11) is -5.45. The van der Waals surface area contributed by atoms with Gasteiger partial charge in [-0.3, -0.25) is 0 Å². The van der Waals surface area contributed by atoms with Crippen LogP contribution in [-0.2, 0) is 20.1 Å². The Morgan fingerprint density at radius 3 is 2.46 bits per heavy atom. The van der Waals surface area contributed by atoms with E-state index < -0.39 is 20.1 Å². The van der Waals surface area contributed by atoms with Crippen molar-refractivity contribution >= 4 is 26.2 Å². The average molecular weight is 375 g/mol. The van der Waals surface area contributed by atoms with E-state index in [1.54, 1.807) is 18.2 Å². The number of hydrogen-bond donors (Lipinski definition) is 0. The van der Waals surface area contributed by atoms with Crippen LogP contribution in [0.15, 0.2) is 24.3 Å². The lowest BCUT2D eigenvalue weighted by atomic mass is 10.1. The van der Waals surface area contributed by atoms with E-state index in [2.05, 4.69) is 0 Å². The maximum absolute atomic E-state index is 11.7. The number of ether oxygens (including phenoxy) is 1. The van der Waals surface area contributed by atoms with Gasteiger partial charge < -0.3 is 8.92 Å². The second-order valence-electron chi connectivity index (χ2n) is 5.64. The Hall–Kier alpha value is -1.58. The summed E-state index contributed by atoms with van der Waals surface area (Å²) in [6.45, 7) is 0.526. The molecule has 0 spiro atoms. The van der Waals surface area contributed by atoms with E-state index in [4.69, 9.17) is 8.92 Å². The van der Waals surface area contributed by atoms with Crippen LogP contribution in [0.3, 0.4) is 0 Å². The molecule has 1 atom stereocenters. The lowest BCUT2D eigenvalue weighted by Crippen LogP contribution is -2.33. The third-order valence-corrected chi connectivity index (χ3v) is 5.40. The van der Waals surface area contributed by atoms with Crippen molar-refractivity contribution in [3.63, 3.8) is 0 Å². The monoisotopic (exact) mass is 375 g/mol. The zero-order valence-electron chi connectivity index (χ0n) is 13.8. The lowest BCUT2D eigenvalue weighted by molar-refractivity contribution is 0.391. The first kappa shape index (κ1) is 18.8. The van der Waals surface area contributed by atoms with Gasteiger partial charge in [0.05, 0.1) is 19.6 Å². The molecule has 0 aliphatic carbocycles. The molecule has 0 N–H and O–H groups in total. The van der Waals surface area contributed by atoms with Gasteiger partial charge in [-0.1, -0.05) is 18.2 Å². The highest BCUT2D eigenvalue weighted by atomic mass is 32.2. The summed E-state index contributed by atoms with van der Waals surface area (Å²) in [6, 6.07) is 4.65. The highest BCUT2D eigenvalue weighted by molar-refractivity contribution is 7.88. The highest BCUT2D eigenvalue weighted by Crippen LogP contribution is 2.30. The van der Waals surface area contributed by atoms with Crippen molar-refractivity contribution in [2.75, 3.05) is 26.2 Å². The molecular weight excluding hydrogens is 354 g/mol. The maximum Gasteiger partial charge on any atom is 0.306 e. The number of nitrogens with zero attached hydrogens (tertiary/aromatic N) is 1. The Kier molecular flexibility index (Phi) is 5.56. The quantitative estimate of drug-likeness (QED) is 0.700. The smallest absolute Gasteiger partial charge is 0.306 e. The van der Waals surface area contributed by atoms with E-state index in [1.807, 2.05) is 6.08 Å². The molecule has 0 amide bonds. The molecular formula is C15H21NO6S2. The van der Waals surface area contributed by atoms with Crippen molar-refractivity contribution in [1.82, 2.24) is 4.31 Å². The van der Waals surface area contributed by atoms with Gasteiger partial charge in [-0.25, -0.2) is 8.42 Å². The highest BCUT2D eigenvalue weighted by Gasteiger charge is 2.29. The second-order valence-corrected chi connectivity index (χ2v) is 9.15. The fourth-order valence-corrected chi connectivity index (χ4v) is 4.20. The van der Waals surface area contributed by atoms with Gasteiger partial charge in [-0.05, 0) is 30.5 Å². The zero-order chi connectivity index (χ0) is 18.0. The summed E-state index contributed by atoms with van der Waals surface area (Å²) in [6.07, 6.45) is 7.39. The number of hydrogen-bond acceptors (Lipinski definition) is 6. The van der Waals surface area contributed by atoms with Crippen molar-refractivity contribution in [3.8, 4) is 11.5 Å². The van der Waals surface area contributed by atoms with E-state index in [-0.39, 0.29) is 17.5 Å². The Labute approximate surface area is 143 Å². The van der Waals surface area contributed by atoms with Crippen molar-refractivity contribution in [3.05, 3.63) is 29.8 Å². The van der Waals surface area contributed by atoms with Crippen molar-refractivity contribution in [2.45, 2.75) is 18.9 Å². The van der Waals surface area contributed by atoms with Crippen LogP contribution in [0.2, 0.25) is 0 Å². The minimum Gasteiger partial charge on any atom is -0.493 e. The fraction of sp³-hybridized carbons (Fsp3) is 0.467. The van der Waals surface area contributed by atoms with E-state index >= 15 is 0 Å². The molecule has 2 rings (SSSR count). The summed E-state index contributed by atoms with van der Waals surface area (Å²) >= 11 is 0. The Bertz CT molecular complexity index is 830. The van der Waals surface area contributed by atoms with Gasteiger partial charge in [-0.2, -0.15) is 12.7 Å². The van der Waals surface area contributed by atoms with Crippen LogP contribution in [0.5, 0.6) is 11.5 Å². The van der Waals surface area contributed by atoms with Crippen LogP contribution in [0.1, 0.15) is 18.4 Å². The van der Waals surface area contributed by atoms with Crippen LogP contribution >= 0.6 is 0 Å². The molecule has 134 valence electrons.